The predicted octanol–water partition coefficient (Wildman–Crippen LogP) is 3.28. The summed E-state index contributed by atoms with van der Waals surface area (Å²) < 4.78 is 0. The van der Waals surface area contributed by atoms with Crippen molar-refractivity contribution in [2.45, 2.75) is 38.6 Å². The minimum atomic E-state index is -1.16. The molecular formula is C14H18N2O4. The van der Waals surface area contributed by atoms with Gasteiger partial charge in [-0.3, -0.25) is 10.1 Å². The molecule has 1 aromatic rings. The molecule has 2 rings (SSSR count). The van der Waals surface area contributed by atoms with Gasteiger partial charge < -0.3 is 10.4 Å². The molecule has 2 N–H and O–H groups in total. The zero-order valence-corrected chi connectivity index (χ0v) is 11.3. The van der Waals surface area contributed by atoms with Gasteiger partial charge in [-0.1, -0.05) is 19.8 Å². The Hall–Kier alpha value is -2.11. The molecule has 2 atom stereocenters. The third-order valence-electron chi connectivity index (χ3n) is 3.89. The minimum Gasteiger partial charge on any atom is -0.478 e. The first-order chi connectivity index (χ1) is 9.49. The van der Waals surface area contributed by atoms with Gasteiger partial charge in [-0.05, 0) is 30.9 Å². The summed E-state index contributed by atoms with van der Waals surface area (Å²) in [6.45, 7) is 2.13. The normalized spacial score (nSPS) is 22.2. The van der Waals surface area contributed by atoms with Gasteiger partial charge in [-0.15, -0.1) is 0 Å². The molecule has 1 aliphatic rings. The predicted molar refractivity (Wildman–Crippen MR) is 75.1 cm³/mol. The molecular weight excluding hydrogens is 260 g/mol. The molecule has 20 heavy (non-hydrogen) atoms. The SMILES string of the molecule is C[C@H]1CCCC[C@@H]1Nc1ccc(C(=O)O)cc1[N+](=O)[O-]. The average molecular weight is 278 g/mol. The highest BCUT2D eigenvalue weighted by Crippen LogP contribution is 2.31. The second-order valence-electron chi connectivity index (χ2n) is 5.31. The largest absolute Gasteiger partial charge is 0.478 e. The Kier molecular flexibility index (Phi) is 4.22. The lowest BCUT2D eigenvalue weighted by Crippen LogP contribution is -2.30. The van der Waals surface area contributed by atoms with Crippen molar-refractivity contribution < 1.29 is 14.8 Å². The summed E-state index contributed by atoms with van der Waals surface area (Å²) in [5.41, 5.74) is 0.153. The van der Waals surface area contributed by atoms with E-state index in [2.05, 4.69) is 12.2 Å². The van der Waals surface area contributed by atoms with Crippen LogP contribution in [-0.4, -0.2) is 22.0 Å². The van der Waals surface area contributed by atoms with E-state index in [1.807, 2.05) is 0 Å². The van der Waals surface area contributed by atoms with E-state index < -0.39 is 10.9 Å². The second-order valence-corrected chi connectivity index (χ2v) is 5.31. The highest BCUT2D eigenvalue weighted by Gasteiger charge is 2.24. The highest BCUT2D eigenvalue weighted by molar-refractivity contribution is 5.89. The lowest BCUT2D eigenvalue weighted by atomic mass is 9.86. The first-order valence-electron chi connectivity index (χ1n) is 6.77. The lowest BCUT2D eigenvalue weighted by molar-refractivity contribution is -0.384. The molecule has 108 valence electrons. The van der Waals surface area contributed by atoms with Crippen LogP contribution < -0.4 is 5.32 Å². The van der Waals surface area contributed by atoms with Crippen molar-refractivity contribution in [3.63, 3.8) is 0 Å². The number of nitrogens with zero attached hydrogens (tertiary/aromatic N) is 1. The Morgan fingerprint density at radius 1 is 1.40 bits per heavy atom. The number of nitro benzene ring substituents is 1. The van der Waals surface area contributed by atoms with E-state index >= 15 is 0 Å². The summed E-state index contributed by atoms with van der Waals surface area (Å²) in [7, 11) is 0. The standard InChI is InChI=1S/C14H18N2O4/c1-9-4-2-3-5-11(9)15-12-7-6-10(14(17)18)8-13(12)16(19)20/h6-9,11,15H,2-5H2,1H3,(H,17,18)/t9-,11-/m0/s1. The molecule has 0 radical (unpaired) electrons. The van der Waals surface area contributed by atoms with E-state index in [9.17, 15) is 14.9 Å². The number of carboxylic acids is 1. The van der Waals surface area contributed by atoms with Gasteiger partial charge in [0.05, 0.1) is 10.5 Å². The van der Waals surface area contributed by atoms with Crippen molar-refractivity contribution in [3.05, 3.63) is 33.9 Å². The van der Waals surface area contributed by atoms with E-state index in [1.54, 1.807) is 0 Å². The topological polar surface area (TPSA) is 92.5 Å². The number of hydrogen-bond acceptors (Lipinski definition) is 4. The Morgan fingerprint density at radius 2 is 2.10 bits per heavy atom. The van der Waals surface area contributed by atoms with Crippen molar-refractivity contribution in [3.8, 4) is 0 Å². The van der Waals surface area contributed by atoms with Crippen LogP contribution in [0, 0.1) is 16.0 Å². The summed E-state index contributed by atoms with van der Waals surface area (Å²) in [5.74, 6) is -0.701. The molecule has 0 saturated heterocycles. The van der Waals surface area contributed by atoms with Crippen LogP contribution in [0.1, 0.15) is 43.0 Å². The van der Waals surface area contributed by atoms with Gasteiger partial charge in [0.1, 0.15) is 5.69 Å². The van der Waals surface area contributed by atoms with Crippen LogP contribution in [-0.2, 0) is 0 Å². The van der Waals surface area contributed by atoms with Gasteiger partial charge in [0.15, 0.2) is 0 Å². The van der Waals surface area contributed by atoms with Crippen LogP contribution >= 0.6 is 0 Å². The number of benzene rings is 1. The zero-order valence-electron chi connectivity index (χ0n) is 11.3. The first-order valence-corrected chi connectivity index (χ1v) is 6.77. The van der Waals surface area contributed by atoms with Crippen LogP contribution in [0.5, 0.6) is 0 Å². The fraction of sp³-hybridized carbons (Fsp3) is 0.500. The van der Waals surface area contributed by atoms with Crippen molar-refractivity contribution in [2.75, 3.05) is 5.32 Å². The Morgan fingerprint density at radius 3 is 2.70 bits per heavy atom. The van der Waals surface area contributed by atoms with E-state index in [-0.39, 0.29) is 17.3 Å². The Bertz CT molecular complexity index is 530. The average Bonchev–Trinajstić information content (AvgIpc) is 2.41. The third-order valence-corrected chi connectivity index (χ3v) is 3.89. The van der Waals surface area contributed by atoms with Crippen molar-refractivity contribution in [1.29, 1.82) is 0 Å². The number of anilines is 1. The van der Waals surface area contributed by atoms with Crippen LogP contribution in [0.25, 0.3) is 0 Å². The summed E-state index contributed by atoms with van der Waals surface area (Å²) >= 11 is 0. The third kappa shape index (κ3) is 3.07. The van der Waals surface area contributed by atoms with Crippen molar-refractivity contribution in [1.82, 2.24) is 0 Å². The summed E-state index contributed by atoms with van der Waals surface area (Å²) in [4.78, 5) is 21.4. The molecule has 0 aromatic heterocycles. The smallest absolute Gasteiger partial charge is 0.335 e. The van der Waals surface area contributed by atoms with Gasteiger partial charge >= 0.3 is 5.97 Å². The maximum atomic E-state index is 11.1. The number of nitro groups is 1. The van der Waals surface area contributed by atoms with Crippen molar-refractivity contribution in [2.24, 2.45) is 5.92 Å². The Labute approximate surface area is 117 Å². The maximum absolute atomic E-state index is 11.1. The van der Waals surface area contributed by atoms with Crippen LogP contribution in [0.4, 0.5) is 11.4 Å². The molecule has 6 nitrogen and oxygen atoms in total. The zero-order chi connectivity index (χ0) is 14.7. The summed E-state index contributed by atoms with van der Waals surface area (Å²) in [5, 5.41) is 23.2. The molecule has 1 saturated carbocycles. The van der Waals surface area contributed by atoms with Gasteiger partial charge in [0, 0.05) is 12.1 Å². The van der Waals surface area contributed by atoms with E-state index in [1.165, 1.54) is 18.6 Å². The summed E-state index contributed by atoms with van der Waals surface area (Å²) in [6, 6.07) is 4.20. The summed E-state index contributed by atoms with van der Waals surface area (Å²) in [6.07, 6.45) is 4.40. The second kappa shape index (κ2) is 5.90. The van der Waals surface area contributed by atoms with Gasteiger partial charge in [0.25, 0.3) is 5.69 Å². The fourth-order valence-electron chi connectivity index (χ4n) is 2.67. The van der Waals surface area contributed by atoms with Gasteiger partial charge in [-0.25, -0.2) is 4.79 Å². The quantitative estimate of drug-likeness (QED) is 0.651. The highest BCUT2D eigenvalue weighted by atomic mass is 16.6. The molecule has 0 amide bonds. The minimum absolute atomic E-state index is 0.0704. The monoisotopic (exact) mass is 278 g/mol. The lowest BCUT2D eigenvalue weighted by Gasteiger charge is -2.30. The molecule has 0 heterocycles. The van der Waals surface area contributed by atoms with Crippen molar-refractivity contribution >= 4 is 17.3 Å². The molecule has 0 bridgehead atoms. The fourth-order valence-corrected chi connectivity index (χ4v) is 2.67. The molecule has 0 unspecified atom stereocenters. The molecule has 0 spiro atoms. The van der Waals surface area contributed by atoms with Gasteiger partial charge in [0.2, 0.25) is 0 Å². The number of carbonyl (C=O) groups is 1. The molecule has 1 aliphatic carbocycles. The van der Waals surface area contributed by atoms with E-state index in [4.69, 9.17) is 5.11 Å². The van der Waals surface area contributed by atoms with Crippen LogP contribution in [0.3, 0.4) is 0 Å². The molecule has 1 fully saturated rings. The molecule has 1 aromatic carbocycles. The van der Waals surface area contributed by atoms with E-state index in [0.717, 1.165) is 25.3 Å². The van der Waals surface area contributed by atoms with E-state index in [0.29, 0.717) is 11.6 Å². The number of rotatable bonds is 4. The number of aromatic carboxylic acids is 1. The number of carboxylic acid groups (broad SMARTS) is 1. The Balaban J connectivity index is 2.26. The van der Waals surface area contributed by atoms with Crippen LogP contribution in [0.2, 0.25) is 0 Å². The first kappa shape index (κ1) is 14.3. The molecule has 0 aliphatic heterocycles. The molecule has 6 heteroatoms. The van der Waals surface area contributed by atoms with Gasteiger partial charge in [-0.2, -0.15) is 0 Å². The van der Waals surface area contributed by atoms with Crippen LogP contribution in [0.15, 0.2) is 18.2 Å². The number of hydrogen-bond donors (Lipinski definition) is 2. The maximum Gasteiger partial charge on any atom is 0.335 e. The number of nitrogens with one attached hydrogen (secondary N) is 1.